The third kappa shape index (κ3) is 7.50. The van der Waals surface area contributed by atoms with Gasteiger partial charge in [0.2, 0.25) is 15.9 Å². The number of nitrogens with zero attached hydrogens (tertiary/aromatic N) is 2. The second-order valence-corrected chi connectivity index (χ2v) is 9.64. The quantitative estimate of drug-likeness (QED) is 0.393. The highest BCUT2D eigenvalue weighted by Gasteiger charge is 2.15. The zero-order valence-corrected chi connectivity index (χ0v) is 19.4. The predicted molar refractivity (Wildman–Crippen MR) is 125 cm³/mol. The van der Waals surface area contributed by atoms with E-state index in [2.05, 4.69) is 21.0 Å². The summed E-state index contributed by atoms with van der Waals surface area (Å²) in [5, 5.41) is 7.45. The number of halogens is 1. The Morgan fingerprint density at radius 3 is 2.52 bits per heavy atom. The van der Waals surface area contributed by atoms with Crippen molar-refractivity contribution in [1.82, 2.24) is 19.8 Å². The molecule has 7 nitrogen and oxygen atoms in total. The maximum atomic E-state index is 13.0. The third-order valence-electron chi connectivity index (χ3n) is 5.32. The van der Waals surface area contributed by atoms with Crippen molar-refractivity contribution in [3.63, 3.8) is 0 Å². The van der Waals surface area contributed by atoms with E-state index in [1.807, 2.05) is 30.3 Å². The molecule has 0 saturated carbocycles. The van der Waals surface area contributed by atoms with Crippen LogP contribution in [-0.4, -0.2) is 49.6 Å². The summed E-state index contributed by atoms with van der Waals surface area (Å²) >= 11 is 0. The molecule has 0 radical (unpaired) electrons. The number of hydrogen-bond donors (Lipinski definition) is 2. The number of unbranched alkanes of at least 4 members (excludes halogenated alkanes) is 2. The molecule has 0 bridgehead atoms. The van der Waals surface area contributed by atoms with Gasteiger partial charge in [0.25, 0.3) is 0 Å². The number of aromatic nitrogens is 2. The number of aromatic amines is 1. The smallest absolute Gasteiger partial charge is 0.240 e. The second kappa shape index (κ2) is 11.7. The SMILES string of the molecule is CN(CCCCCc1cc(-c2ccccc2)n[nH]1)C(=O)CCNS(=O)(=O)c1ccc(F)cc1. The number of hydrogen-bond acceptors (Lipinski definition) is 4. The molecule has 0 aliphatic carbocycles. The molecule has 9 heteroatoms. The van der Waals surface area contributed by atoms with Gasteiger partial charge in [-0.1, -0.05) is 36.8 Å². The first-order valence-electron chi connectivity index (χ1n) is 10.9. The molecule has 3 rings (SSSR count). The van der Waals surface area contributed by atoms with Gasteiger partial charge in [-0.3, -0.25) is 9.89 Å². The number of amides is 1. The van der Waals surface area contributed by atoms with Gasteiger partial charge < -0.3 is 4.90 Å². The van der Waals surface area contributed by atoms with E-state index in [0.717, 1.165) is 54.8 Å². The van der Waals surface area contributed by atoms with Crippen LogP contribution in [0.5, 0.6) is 0 Å². The largest absolute Gasteiger partial charge is 0.346 e. The van der Waals surface area contributed by atoms with E-state index < -0.39 is 15.8 Å². The van der Waals surface area contributed by atoms with Crippen molar-refractivity contribution < 1.29 is 17.6 Å². The summed E-state index contributed by atoms with van der Waals surface area (Å²) in [6.45, 7) is 0.605. The maximum absolute atomic E-state index is 13.0. The summed E-state index contributed by atoms with van der Waals surface area (Å²) in [7, 11) is -2.04. The predicted octanol–water partition coefficient (Wildman–Crippen LogP) is 3.76. The molecule has 33 heavy (non-hydrogen) atoms. The van der Waals surface area contributed by atoms with Crippen LogP contribution in [0.15, 0.2) is 65.6 Å². The van der Waals surface area contributed by atoms with Crippen LogP contribution in [0, 0.1) is 5.82 Å². The average Bonchev–Trinajstić information content (AvgIpc) is 3.28. The van der Waals surface area contributed by atoms with Crippen molar-refractivity contribution in [3.8, 4) is 11.3 Å². The van der Waals surface area contributed by atoms with Gasteiger partial charge in [-0.2, -0.15) is 5.10 Å². The monoisotopic (exact) mass is 472 g/mol. The molecule has 0 atom stereocenters. The van der Waals surface area contributed by atoms with Gasteiger partial charge in [-0.05, 0) is 49.6 Å². The molecule has 0 saturated heterocycles. The summed E-state index contributed by atoms with van der Waals surface area (Å²) < 4.78 is 39.7. The highest BCUT2D eigenvalue weighted by Crippen LogP contribution is 2.18. The Morgan fingerprint density at radius 1 is 1.06 bits per heavy atom. The lowest BCUT2D eigenvalue weighted by Crippen LogP contribution is -2.32. The lowest BCUT2D eigenvalue weighted by Gasteiger charge is -2.17. The minimum absolute atomic E-state index is 0.00749. The van der Waals surface area contributed by atoms with Gasteiger partial charge >= 0.3 is 0 Å². The zero-order valence-electron chi connectivity index (χ0n) is 18.6. The van der Waals surface area contributed by atoms with E-state index in [9.17, 15) is 17.6 Å². The molecule has 0 fully saturated rings. The molecular formula is C24H29FN4O3S. The van der Waals surface area contributed by atoms with Crippen molar-refractivity contribution in [2.75, 3.05) is 20.1 Å². The molecule has 1 heterocycles. The second-order valence-electron chi connectivity index (χ2n) is 7.87. The van der Waals surface area contributed by atoms with Gasteiger partial charge in [0.15, 0.2) is 0 Å². The van der Waals surface area contributed by atoms with Gasteiger partial charge in [-0.15, -0.1) is 0 Å². The normalized spacial score (nSPS) is 11.5. The number of carbonyl (C=O) groups excluding carboxylic acids is 1. The molecule has 176 valence electrons. The van der Waals surface area contributed by atoms with Gasteiger partial charge in [0.05, 0.1) is 10.6 Å². The molecule has 0 aliphatic heterocycles. The molecule has 1 amide bonds. The van der Waals surface area contributed by atoms with Gasteiger partial charge in [0.1, 0.15) is 5.82 Å². The van der Waals surface area contributed by atoms with Crippen LogP contribution in [-0.2, 0) is 21.2 Å². The van der Waals surface area contributed by atoms with Crippen molar-refractivity contribution in [2.24, 2.45) is 0 Å². The summed E-state index contributed by atoms with van der Waals surface area (Å²) in [6.07, 6.45) is 3.77. The van der Waals surface area contributed by atoms with E-state index in [4.69, 9.17) is 0 Å². The standard InChI is InChI=1S/C24H29FN4O3S/c1-29(24(30)15-16-26-33(31,32)22-13-11-20(25)12-14-22)17-7-3-6-10-21-18-23(28-27-21)19-8-4-2-5-9-19/h2,4-5,8-9,11-14,18,26H,3,6-7,10,15-17H2,1H3,(H,27,28). The van der Waals surface area contributed by atoms with Crippen LogP contribution >= 0.6 is 0 Å². The van der Waals surface area contributed by atoms with Crippen molar-refractivity contribution in [1.29, 1.82) is 0 Å². The fourth-order valence-corrected chi connectivity index (χ4v) is 4.42. The minimum atomic E-state index is -3.76. The Balaban J connectivity index is 1.31. The molecule has 2 aromatic carbocycles. The molecule has 0 spiro atoms. The Kier molecular flexibility index (Phi) is 8.73. The average molecular weight is 473 g/mol. The van der Waals surface area contributed by atoms with Crippen LogP contribution in [0.3, 0.4) is 0 Å². The Hall–Kier alpha value is -3.04. The van der Waals surface area contributed by atoms with E-state index in [1.54, 1.807) is 11.9 Å². The Labute approximate surface area is 194 Å². The molecule has 0 aliphatic rings. The summed E-state index contributed by atoms with van der Waals surface area (Å²) in [4.78, 5) is 13.9. The first-order chi connectivity index (χ1) is 15.8. The lowest BCUT2D eigenvalue weighted by molar-refractivity contribution is -0.129. The highest BCUT2D eigenvalue weighted by molar-refractivity contribution is 7.89. The molecular weight excluding hydrogens is 443 g/mol. The number of H-pyrrole nitrogens is 1. The topological polar surface area (TPSA) is 95.2 Å². The van der Waals surface area contributed by atoms with Crippen LogP contribution in [0.4, 0.5) is 4.39 Å². The van der Waals surface area contributed by atoms with E-state index in [0.29, 0.717) is 6.54 Å². The summed E-state index contributed by atoms with van der Waals surface area (Å²) in [5.41, 5.74) is 3.11. The molecule has 3 aromatic rings. The molecule has 2 N–H and O–H groups in total. The highest BCUT2D eigenvalue weighted by atomic mass is 32.2. The van der Waals surface area contributed by atoms with Gasteiger partial charge in [-0.25, -0.2) is 17.5 Å². The number of benzene rings is 2. The maximum Gasteiger partial charge on any atom is 0.240 e. The van der Waals surface area contributed by atoms with E-state index in [-0.39, 0.29) is 23.8 Å². The lowest BCUT2D eigenvalue weighted by atomic mass is 10.1. The molecule has 0 unspecified atom stereocenters. The fourth-order valence-electron chi connectivity index (χ4n) is 3.39. The van der Waals surface area contributed by atoms with Crippen LogP contribution in [0.1, 0.15) is 31.4 Å². The van der Waals surface area contributed by atoms with Crippen LogP contribution in [0.2, 0.25) is 0 Å². The van der Waals surface area contributed by atoms with Gasteiger partial charge in [0, 0.05) is 37.8 Å². The van der Waals surface area contributed by atoms with Crippen LogP contribution in [0.25, 0.3) is 11.3 Å². The van der Waals surface area contributed by atoms with Crippen molar-refractivity contribution >= 4 is 15.9 Å². The Bertz CT molecular complexity index is 1130. The number of sulfonamides is 1. The first kappa shape index (κ1) is 24.6. The third-order valence-corrected chi connectivity index (χ3v) is 6.80. The van der Waals surface area contributed by atoms with E-state index >= 15 is 0 Å². The Morgan fingerprint density at radius 2 is 1.79 bits per heavy atom. The number of carbonyl (C=O) groups is 1. The van der Waals surface area contributed by atoms with Crippen molar-refractivity contribution in [3.05, 3.63) is 72.2 Å². The molecule has 1 aromatic heterocycles. The summed E-state index contributed by atoms with van der Waals surface area (Å²) in [6, 6.07) is 16.6. The van der Waals surface area contributed by atoms with Crippen LogP contribution < -0.4 is 4.72 Å². The first-order valence-corrected chi connectivity index (χ1v) is 12.4. The van der Waals surface area contributed by atoms with Crippen molar-refractivity contribution in [2.45, 2.75) is 37.0 Å². The number of rotatable bonds is 12. The number of nitrogens with one attached hydrogen (secondary N) is 2. The zero-order chi connectivity index (χ0) is 23.7. The fraction of sp³-hybridized carbons (Fsp3) is 0.333. The number of aryl methyl sites for hydroxylation is 1. The van der Waals surface area contributed by atoms with E-state index in [1.165, 1.54) is 12.1 Å². The summed E-state index contributed by atoms with van der Waals surface area (Å²) in [5.74, 6) is -0.634. The minimum Gasteiger partial charge on any atom is -0.346 e.